The molecule has 2 aromatic rings. The Hall–Kier alpha value is -2.00. The molecule has 0 amide bonds. The standard InChI is InChI=1S/C16H17NO2/c17-14(13-4-2-1-3-5-13)10-12-6-7-15-16(11-12)19-9-8-18-15/h1-7,11,14H,8-10,17H2/p+1/t14-/m1/s1. The number of benzene rings is 2. The van der Waals surface area contributed by atoms with Crippen LogP contribution in [-0.4, -0.2) is 13.2 Å². The van der Waals surface area contributed by atoms with Crippen molar-refractivity contribution in [3.05, 3.63) is 59.7 Å². The van der Waals surface area contributed by atoms with Crippen molar-refractivity contribution in [3.63, 3.8) is 0 Å². The minimum atomic E-state index is 0.253. The average Bonchev–Trinajstić information content (AvgIpc) is 2.48. The second-order valence-corrected chi connectivity index (χ2v) is 4.79. The fraction of sp³-hybridized carbons (Fsp3) is 0.250. The Morgan fingerprint density at radius 3 is 2.47 bits per heavy atom. The van der Waals surface area contributed by atoms with Gasteiger partial charge in [-0.25, -0.2) is 0 Å². The minimum absolute atomic E-state index is 0.253. The highest BCUT2D eigenvalue weighted by atomic mass is 16.6. The SMILES string of the molecule is [NH3+][C@H](Cc1ccc2c(c1)OCCO2)c1ccccc1. The fourth-order valence-electron chi connectivity index (χ4n) is 2.34. The van der Waals surface area contributed by atoms with Gasteiger partial charge in [-0.1, -0.05) is 36.4 Å². The Labute approximate surface area is 113 Å². The second kappa shape index (κ2) is 5.33. The lowest BCUT2D eigenvalue weighted by molar-refractivity contribution is -0.426. The largest absolute Gasteiger partial charge is 0.486 e. The van der Waals surface area contributed by atoms with Crippen LogP contribution in [0.15, 0.2) is 48.5 Å². The molecule has 1 atom stereocenters. The van der Waals surface area contributed by atoms with Crippen LogP contribution in [0.5, 0.6) is 11.5 Å². The van der Waals surface area contributed by atoms with Crippen molar-refractivity contribution in [1.82, 2.24) is 0 Å². The first kappa shape index (κ1) is 12.1. The van der Waals surface area contributed by atoms with E-state index in [4.69, 9.17) is 9.47 Å². The summed E-state index contributed by atoms with van der Waals surface area (Å²) < 4.78 is 11.1. The summed E-state index contributed by atoms with van der Waals surface area (Å²) in [6.45, 7) is 1.26. The number of rotatable bonds is 3. The van der Waals surface area contributed by atoms with Crippen LogP contribution in [0.25, 0.3) is 0 Å². The van der Waals surface area contributed by atoms with Crippen LogP contribution in [0, 0.1) is 0 Å². The number of hydrogen-bond donors (Lipinski definition) is 1. The highest BCUT2D eigenvalue weighted by Crippen LogP contribution is 2.31. The molecule has 0 unspecified atom stereocenters. The van der Waals surface area contributed by atoms with Gasteiger partial charge in [-0.15, -0.1) is 0 Å². The molecule has 1 aliphatic rings. The molecule has 0 saturated carbocycles. The van der Waals surface area contributed by atoms with Gasteiger partial charge in [-0.2, -0.15) is 0 Å². The van der Waals surface area contributed by atoms with Crippen molar-refractivity contribution in [2.75, 3.05) is 13.2 Å². The van der Waals surface area contributed by atoms with Crippen molar-refractivity contribution >= 4 is 0 Å². The molecule has 1 aliphatic heterocycles. The summed E-state index contributed by atoms with van der Waals surface area (Å²) in [6.07, 6.45) is 0.903. The van der Waals surface area contributed by atoms with Crippen molar-refractivity contribution in [2.45, 2.75) is 12.5 Å². The van der Waals surface area contributed by atoms with Crippen LogP contribution in [0.3, 0.4) is 0 Å². The minimum Gasteiger partial charge on any atom is -0.486 e. The normalized spacial score (nSPS) is 15.0. The summed E-state index contributed by atoms with van der Waals surface area (Å²) >= 11 is 0. The molecule has 3 heteroatoms. The molecule has 3 nitrogen and oxygen atoms in total. The molecule has 3 N–H and O–H groups in total. The van der Waals surface area contributed by atoms with E-state index in [-0.39, 0.29) is 6.04 Å². The summed E-state index contributed by atoms with van der Waals surface area (Å²) in [5.41, 5.74) is 6.73. The third kappa shape index (κ3) is 2.71. The van der Waals surface area contributed by atoms with Crippen molar-refractivity contribution in [3.8, 4) is 11.5 Å². The van der Waals surface area contributed by atoms with Gasteiger partial charge in [0.05, 0.1) is 0 Å². The molecule has 0 radical (unpaired) electrons. The van der Waals surface area contributed by atoms with Crippen molar-refractivity contribution < 1.29 is 15.2 Å². The Morgan fingerprint density at radius 1 is 0.947 bits per heavy atom. The zero-order valence-electron chi connectivity index (χ0n) is 10.8. The van der Waals surface area contributed by atoms with Gasteiger partial charge in [-0.05, 0) is 17.7 Å². The van der Waals surface area contributed by atoms with Crippen LogP contribution in [-0.2, 0) is 6.42 Å². The van der Waals surface area contributed by atoms with Gasteiger partial charge >= 0.3 is 0 Å². The van der Waals surface area contributed by atoms with Gasteiger partial charge < -0.3 is 15.2 Å². The van der Waals surface area contributed by atoms with E-state index < -0.39 is 0 Å². The predicted molar refractivity (Wildman–Crippen MR) is 73.2 cm³/mol. The van der Waals surface area contributed by atoms with Crippen molar-refractivity contribution in [1.29, 1.82) is 0 Å². The molecule has 98 valence electrons. The smallest absolute Gasteiger partial charge is 0.161 e. The van der Waals surface area contributed by atoms with Gasteiger partial charge in [0, 0.05) is 12.0 Å². The third-order valence-electron chi connectivity index (χ3n) is 3.36. The van der Waals surface area contributed by atoms with Crippen LogP contribution >= 0.6 is 0 Å². The summed E-state index contributed by atoms with van der Waals surface area (Å²) in [5, 5.41) is 0. The topological polar surface area (TPSA) is 46.1 Å². The van der Waals surface area contributed by atoms with E-state index in [9.17, 15) is 0 Å². The summed E-state index contributed by atoms with van der Waals surface area (Å²) in [4.78, 5) is 0. The maximum atomic E-state index is 5.61. The van der Waals surface area contributed by atoms with E-state index >= 15 is 0 Å². The number of hydrogen-bond acceptors (Lipinski definition) is 2. The van der Waals surface area contributed by atoms with Crippen molar-refractivity contribution in [2.24, 2.45) is 0 Å². The Kier molecular flexibility index (Phi) is 3.38. The zero-order valence-corrected chi connectivity index (χ0v) is 10.8. The molecule has 19 heavy (non-hydrogen) atoms. The fourth-order valence-corrected chi connectivity index (χ4v) is 2.34. The molecular formula is C16H18NO2+. The molecule has 0 fully saturated rings. The van der Waals surface area contributed by atoms with E-state index in [2.05, 4.69) is 42.1 Å². The maximum absolute atomic E-state index is 5.61. The molecule has 1 heterocycles. The first-order chi connectivity index (χ1) is 9.33. The van der Waals surface area contributed by atoms with E-state index in [1.807, 2.05) is 12.1 Å². The lowest BCUT2D eigenvalue weighted by Gasteiger charge is -2.19. The van der Waals surface area contributed by atoms with Crippen LogP contribution < -0.4 is 15.2 Å². The molecule has 0 aromatic heterocycles. The summed E-state index contributed by atoms with van der Waals surface area (Å²) in [5.74, 6) is 1.69. The van der Waals surface area contributed by atoms with Gasteiger partial charge in [0.2, 0.25) is 0 Å². The monoisotopic (exact) mass is 256 g/mol. The Morgan fingerprint density at radius 2 is 1.68 bits per heavy atom. The number of ether oxygens (including phenoxy) is 2. The van der Waals surface area contributed by atoms with E-state index in [0.29, 0.717) is 13.2 Å². The average molecular weight is 256 g/mol. The lowest BCUT2D eigenvalue weighted by atomic mass is 9.99. The van der Waals surface area contributed by atoms with Crippen LogP contribution in [0.1, 0.15) is 17.2 Å². The molecule has 2 aromatic carbocycles. The summed E-state index contributed by atoms with van der Waals surface area (Å²) in [6, 6.07) is 16.8. The van der Waals surface area contributed by atoms with Crippen LogP contribution in [0.2, 0.25) is 0 Å². The highest BCUT2D eigenvalue weighted by molar-refractivity contribution is 5.44. The maximum Gasteiger partial charge on any atom is 0.161 e. The Bertz CT molecular complexity index is 554. The summed E-state index contributed by atoms with van der Waals surface area (Å²) in [7, 11) is 0. The molecule has 0 aliphatic carbocycles. The van der Waals surface area contributed by atoms with Gasteiger partial charge in [0.1, 0.15) is 19.3 Å². The highest BCUT2D eigenvalue weighted by Gasteiger charge is 2.15. The molecule has 0 spiro atoms. The lowest BCUT2D eigenvalue weighted by Crippen LogP contribution is -2.54. The van der Waals surface area contributed by atoms with E-state index in [1.165, 1.54) is 11.1 Å². The quantitative estimate of drug-likeness (QED) is 0.912. The van der Waals surface area contributed by atoms with E-state index in [0.717, 1.165) is 17.9 Å². The Balaban J connectivity index is 1.76. The number of quaternary nitrogens is 1. The molecule has 3 rings (SSSR count). The van der Waals surface area contributed by atoms with Crippen LogP contribution in [0.4, 0.5) is 0 Å². The van der Waals surface area contributed by atoms with Gasteiger partial charge in [-0.3, -0.25) is 0 Å². The first-order valence-electron chi connectivity index (χ1n) is 6.59. The molecule has 0 saturated heterocycles. The first-order valence-corrected chi connectivity index (χ1v) is 6.59. The molecule has 0 bridgehead atoms. The molecular weight excluding hydrogens is 238 g/mol. The second-order valence-electron chi connectivity index (χ2n) is 4.79. The number of fused-ring (bicyclic) bond motifs is 1. The van der Waals surface area contributed by atoms with Gasteiger partial charge in [0.15, 0.2) is 11.5 Å². The third-order valence-corrected chi connectivity index (χ3v) is 3.36. The van der Waals surface area contributed by atoms with Gasteiger partial charge in [0.25, 0.3) is 0 Å². The zero-order chi connectivity index (χ0) is 13.1. The van der Waals surface area contributed by atoms with E-state index in [1.54, 1.807) is 0 Å². The predicted octanol–water partition coefficient (Wildman–Crippen LogP) is 1.98.